The zero-order valence-corrected chi connectivity index (χ0v) is 12.6. The van der Waals surface area contributed by atoms with Crippen molar-refractivity contribution in [2.45, 2.75) is 25.0 Å². The van der Waals surface area contributed by atoms with Crippen LogP contribution in [0, 0.1) is 0 Å². The number of hydrogen-bond acceptors (Lipinski definition) is 5. The summed E-state index contributed by atoms with van der Waals surface area (Å²) in [7, 11) is -0.414. The lowest BCUT2D eigenvalue weighted by atomic mass is 10.4. The van der Waals surface area contributed by atoms with E-state index in [4.69, 9.17) is 4.74 Å². The Kier molecular flexibility index (Phi) is 5.71. The molecule has 0 spiro atoms. The second-order valence-electron chi connectivity index (χ2n) is 4.35. The summed E-state index contributed by atoms with van der Waals surface area (Å²) < 4.78 is 31.3. The molecule has 0 aromatic carbocycles. The quantitative estimate of drug-likeness (QED) is 0.815. The van der Waals surface area contributed by atoms with Gasteiger partial charge in [0.1, 0.15) is 0 Å². The van der Waals surface area contributed by atoms with Crippen LogP contribution in [0.3, 0.4) is 0 Å². The molecule has 1 aromatic rings. The molecular formula is C12H21N3O3S. The van der Waals surface area contributed by atoms with E-state index in [1.54, 1.807) is 19.2 Å². The molecule has 0 unspecified atom stereocenters. The predicted molar refractivity (Wildman–Crippen MR) is 74.7 cm³/mol. The highest BCUT2D eigenvalue weighted by Crippen LogP contribution is 2.20. The van der Waals surface area contributed by atoms with Crippen LogP contribution in [-0.4, -0.2) is 51.1 Å². The van der Waals surface area contributed by atoms with Crippen molar-refractivity contribution in [1.29, 1.82) is 0 Å². The number of aromatic nitrogens is 1. The Morgan fingerprint density at radius 2 is 2.16 bits per heavy atom. The van der Waals surface area contributed by atoms with Crippen LogP contribution < -0.4 is 5.32 Å². The van der Waals surface area contributed by atoms with E-state index in [9.17, 15) is 8.42 Å². The van der Waals surface area contributed by atoms with Gasteiger partial charge in [-0.05, 0) is 26.0 Å². The van der Waals surface area contributed by atoms with Gasteiger partial charge < -0.3 is 10.1 Å². The molecule has 7 heteroatoms. The Bertz CT molecular complexity index is 503. The molecule has 0 aliphatic heterocycles. The Hall–Kier alpha value is -1.18. The Morgan fingerprint density at radius 3 is 2.74 bits per heavy atom. The molecule has 0 saturated carbocycles. The third kappa shape index (κ3) is 4.15. The maximum absolute atomic E-state index is 12.4. The van der Waals surface area contributed by atoms with E-state index >= 15 is 0 Å². The zero-order chi connectivity index (χ0) is 14.5. The van der Waals surface area contributed by atoms with Gasteiger partial charge in [0.05, 0.1) is 18.4 Å². The first-order valence-electron chi connectivity index (χ1n) is 6.10. The monoisotopic (exact) mass is 287 g/mol. The minimum absolute atomic E-state index is 0.0320. The SMILES string of the molecule is CNc1cccnc1S(=O)(=O)N(C)CCOC(C)C. The summed E-state index contributed by atoms with van der Waals surface area (Å²) in [5.41, 5.74) is 0.485. The van der Waals surface area contributed by atoms with E-state index in [0.717, 1.165) is 0 Å². The molecule has 1 N–H and O–H groups in total. The van der Waals surface area contributed by atoms with Gasteiger partial charge in [-0.2, -0.15) is 4.31 Å². The highest BCUT2D eigenvalue weighted by atomic mass is 32.2. The molecule has 0 aliphatic carbocycles. The summed E-state index contributed by atoms with van der Waals surface area (Å²) in [6, 6.07) is 3.37. The Balaban J connectivity index is 2.85. The van der Waals surface area contributed by atoms with Crippen molar-refractivity contribution in [3.05, 3.63) is 18.3 Å². The molecule has 0 atom stereocenters. The summed E-state index contributed by atoms with van der Waals surface area (Å²) in [6.45, 7) is 4.47. The molecule has 1 rings (SSSR count). The number of anilines is 1. The maximum Gasteiger partial charge on any atom is 0.262 e. The summed E-state index contributed by atoms with van der Waals surface area (Å²) in [5.74, 6) is 0. The van der Waals surface area contributed by atoms with Gasteiger partial charge in [0.15, 0.2) is 5.03 Å². The first-order valence-corrected chi connectivity index (χ1v) is 7.54. The van der Waals surface area contributed by atoms with Gasteiger partial charge in [-0.25, -0.2) is 13.4 Å². The first-order chi connectivity index (χ1) is 8.89. The van der Waals surface area contributed by atoms with E-state index in [1.807, 2.05) is 13.8 Å². The molecule has 19 heavy (non-hydrogen) atoms. The number of nitrogens with one attached hydrogen (secondary N) is 1. The highest BCUT2D eigenvalue weighted by Gasteiger charge is 2.24. The number of rotatable bonds is 7. The van der Waals surface area contributed by atoms with E-state index < -0.39 is 10.0 Å². The molecular weight excluding hydrogens is 266 g/mol. The second kappa shape index (κ2) is 6.83. The predicted octanol–water partition coefficient (Wildman–Crippen LogP) is 1.17. The molecule has 0 aliphatic rings. The minimum atomic E-state index is -3.60. The largest absolute Gasteiger partial charge is 0.386 e. The maximum atomic E-state index is 12.4. The molecule has 0 fully saturated rings. The van der Waals surface area contributed by atoms with Crippen molar-refractivity contribution in [3.8, 4) is 0 Å². The molecule has 108 valence electrons. The van der Waals surface area contributed by atoms with Crippen LogP contribution in [0.4, 0.5) is 5.69 Å². The van der Waals surface area contributed by atoms with Gasteiger partial charge in [-0.1, -0.05) is 0 Å². The fourth-order valence-electron chi connectivity index (χ4n) is 1.47. The van der Waals surface area contributed by atoms with Gasteiger partial charge in [0.25, 0.3) is 10.0 Å². The fourth-order valence-corrected chi connectivity index (χ4v) is 2.72. The molecule has 0 bridgehead atoms. The molecule has 1 heterocycles. The summed E-state index contributed by atoms with van der Waals surface area (Å²) in [5, 5.41) is 2.86. The van der Waals surface area contributed by atoms with Crippen molar-refractivity contribution < 1.29 is 13.2 Å². The standard InChI is InChI=1S/C12H21N3O3S/c1-10(2)18-9-8-15(4)19(16,17)12-11(13-3)6-5-7-14-12/h5-7,10,13H,8-9H2,1-4H3. The summed E-state index contributed by atoms with van der Waals surface area (Å²) >= 11 is 0. The third-order valence-electron chi connectivity index (χ3n) is 2.55. The Labute approximate surface area is 114 Å². The van der Waals surface area contributed by atoms with Crippen LogP contribution in [0.15, 0.2) is 23.4 Å². The van der Waals surface area contributed by atoms with E-state index in [-0.39, 0.29) is 11.1 Å². The molecule has 0 saturated heterocycles. The van der Waals surface area contributed by atoms with Gasteiger partial charge in [-0.3, -0.25) is 0 Å². The average molecular weight is 287 g/mol. The fraction of sp³-hybridized carbons (Fsp3) is 0.583. The van der Waals surface area contributed by atoms with Crippen molar-refractivity contribution in [2.75, 3.05) is 32.6 Å². The number of nitrogens with zero attached hydrogens (tertiary/aromatic N) is 2. The molecule has 1 aromatic heterocycles. The van der Waals surface area contributed by atoms with E-state index in [2.05, 4.69) is 10.3 Å². The second-order valence-corrected chi connectivity index (χ2v) is 6.31. The summed E-state index contributed by atoms with van der Waals surface area (Å²) in [6.07, 6.45) is 1.55. The lowest BCUT2D eigenvalue weighted by Crippen LogP contribution is -2.31. The van der Waals surface area contributed by atoms with Crippen LogP contribution >= 0.6 is 0 Å². The summed E-state index contributed by atoms with van der Waals surface area (Å²) in [4.78, 5) is 3.95. The van der Waals surface area contributed by atoms with E-state index in [1.165, 1.54) is 17.5 Å². The molecule has 0 amide bonds. The number of sulfonamides is 1. The molecule has 6 nitrogen and oxygen atoms in total. The van der Waals surface area contributed by atoms with Crippen LogP contribution in [0.2, 0.25) is 0 Å². The lowest BCUT2D eigenvalue weighted by Gasteiger charge is -2.18. The van der Waals surface area contributed by atoms with E-state index in [0.29, 0.717) is 18.8 Å². The van der Waals surface area contributed by atoms with Crippen molar-refractivity contribution in [1.82, 2.24) is 9.29 Å². The Morgan fingerprint density at radius 1 is 1.47 bits per heavy atom. The number of hydrogen-bond donors (Lipinski definition) is 1. The van der Waals surface area contributed by atoms with Crippen molar-refractivity contribution in [2.24, 2.45) is 0 Å². The highest BCUT2D eigenvalue weighted by molar-refractivity contribution is 7.89. The molecule has 0 radical (unpaired) electrons. The normalized spacial score (nSPS) is 12.1. The van der Waals surface area contributed by atoms with Crippen LogP contribution in [0.5, 0.6) is 0 Å². The average Bonchev–Trinajstić information content (AvgIpc) is 2.38. The number of pyridine rings is 1. The first kappa shape index (κ1) is 15.9. The van der Waals surface area contributed by atoms with Gasteiger partial charge in [-0.15, -0.1) is 0 Å². The number of likely N-dealkylation sites (N-methyl/N-ethyl adjacent to an activating group) is 1. The number of ether oxygens (including phenoxy) is 1. The zero-order valence-electron chi connectivity index (χ0n) is 11.8. The third-order valence-corrected chi connectivity index (χ3v) is 4.37. The minimum Gasteiger partial charge on any atom is -0.386 e. The van der Waals surface area contributed by atoms with Gasteiger partial charge in [0.2, 0.25) is 0 Å². The van der Waals surface area contributed by atoms with Gasteiger partial charge in [0, 0.05) is 26.8 Å². The topological polar surface area (TPSA) is 71.5 Å². The lowest BCUT2D eigenvalue weighted by molar-refractivity contribution is 0.0737. The van der Waals surface area contributed by atoms with Crippen LogP contribution in [0.25, 0.3) is 0 Å². The smallest absolute Gasteiger partial charge is 0.262 e. The van der Waals surface area contributed by atoms with Crippen LogP contribution in [-0.2, 0) is 14.8 Å². The van der Waals surface area contributed by atoms with Gasteiger partial charge >= 0.3 is 0 Å². The van der Waals surface area contributed by atoms with Crippen molar-refractivity contribution in [3.63, 3.8) is 0 Å². The van der Waals surface area contributed by atoms with Crippen LogP contribution in [0.1, 0.15) is 13.8 Å². The van der Waals surface area contributed by atoms with Crippen molar-refractivity contribution >= 4 is 15.7 Å².